The molecule has 0 aromatic heterocycles. The van der Waals surface area contributed by atoms with Gasteiger partial charge in [0.1, 0.15) is 5.75 Å². The van der Waals surface area contributed by atoms with Gasteiger partial charge in [-0.1, -0.05) is 26.0 Å². The number of nitrogens with one attached hydrogen (secondary N) is 1. The van der Waals surface area contributed by atoms with E-state index in [1.807, 2.05) is 12.1 Å². The molecule has 0 bridgehead atoms. The third-order valence-corrected chi connectivity index (χ3v) is 3.84. The molecule has 0 saturated carbocycles. The van der Waals surface area contributed by atoms with Crippen LogP contribution >= 0.6 is 0 Å². The van der Waals surface area contributed by atoms with Crippen LogP contribution in [0.5, 0.6) is 5.75 Å². The first-order chi connectivity index (χ1) is 9.15. The minimum Gasteiger partial charge on any atom is -0.508 e. The number of phenolic OH excluding ortho intramolecular Hbond substituents is 1. The summed E-state index contributed by atoms with van der Waals surface area (Å²) in [5, 5.41) is 12.9. The second-order valence-electron chi connectivity index (χ2n) is 5.75. The van der Waals surface area contributed by atoms with Crippen LogP contribution < -0.4 is 5.32 Å². The lowest BCUT2D eigenvalue weighted by atomic mass is 9.95. The van der Waals surface area contributed by atoms with Crippen molar-refractivity contribution >= 4 is 0 Å². The summed E-state index contributed by atoms with van der Waals surface area (Å²) in [5.41, 5.74) is 1.26. The minimum absolute atomic E-state index is 0.334. The molecule has 0 amide bonds. The lowest BCUT2D eigenvalue weighted by Gasteiger charge is -2.32. The molecule has 2 unspecified atom stereocenters. The summed E-state index contributed by atoms with van der Waals surface area (Å²) in [5.74, 6) is 0.933. The first-order valence-corrected chi connectivity index (χ1v) is 7.28. The summed E-state index contributed by atoms with van der Waals surface area (Å²) in [4.78, 5) is 0. The Balaban J connectivity index is 1.72. The largest absolute Gasteiger partial charge is 0.508 e. The molecular formula is C16H25NO2. The van der Waals surface area contributed by atoms with Gasteiger partial charge in [0.2, 0.25) is 0 Å². The third-order valence-electron chi connectivity index (χ3n) is 3.84. The van der Waals surface area contributed by atoms with Gasteiger partial charge >= 0.3 is 0 Å². The summed E-state index contributed by atoms with van der Waals surface area (Å²) in [6.07, 6.45) is 3.63. The molecular weight excluding hydrogens is 238 g/mol. The lowest BCUT2D eigenvalue weighted by Crippen LogP contribution is -2.41. The van der Waals surface area contributed by atoms with E-state index in [0.29, 0.717) is 23.8 Å². The van der Waals surface area contributed by atoms with Crippen molar-refractivity contribution in [1.82, 2.24) is 5.32 Å². The average Bonchev–Trinajstić information content (AvgIpc) is 2.41. The van der Waals surface area contributed by atoms with Crippen LogP contribution in [0.15, 0.2) is 24.3 Å². The molecule has 0 radical (unpaired) electrons. The molecule has 0 aliphatic carbocycles. The van der Waals surface area contributed by atoms with Crippen molar-refractivity contribution in [2.24, 2.45) is 5.92 Å². The van der Waals surface area contributed by atoms with E-state index in [1.54, 1.807) is 12.1 Å². The first-order valence-electron chi connectivity index (χ1n) is 7.28. The maximum absolute atomic E-state index is 9.24. The molecule has 1 heterocycles. The number of aromatic hydroxyl groups is 1. The second-order valence-corrected chi connectivity index (χ2v) is 5.75. The molecule has 1 fully saturated rings. The van der Waals surface area contributed by atoms with Crippen molar-refractivity contribution in [2.75, 3.05) is 13.2 Å². The van der Waals surface area contributed by atoms with Crippen LogP contribution in [0.3, 0.4) is 0 Å². The summed E-state index contributed by atoms with van der Waals surface area (Å²) in [7, 11) is 0. The third kappa shape index (κ3) is 4.51. The Bertz CT molecular complexity index is 375. The standard InChI is InChI=1S/C16H25NO2/c1-12(2)16-11-14(8-10-19-16)17-9-7-13-3-5-15(18)6-4-13/h3-6,12,14,16-18H,7-11H2,1-2H3. The van der Waals surface area contributed by atoms with Crippen LogP contribution in [0, 0.1) is 5.92 Å². The summed E-state index contributed by atoms with van der Waals surface area (Å²) >= 11 is 0. The van der Waals surface area contributed by atoms with Gasteiger partial charge in [-0.15, -0.1) is 0 Å². The van der Waals surface area contributed by atoms with Gasteiger partial charge in [0.25, 0.3) is 0 Å². The average molecular weight is 263 g/mol. The van der Waals surface area contributed by atoms with Crippen LogP contribution in [-0.2, 0) is 11.2 Å². The van der Waals surface area contributed by atoms with Gasteiger partial charge in [0.05, 0.1) is 6.10 Å². The number of benzene rings is 1. The topological polar surface area (TPSA) is 41.5 Å². The zero-order valence-electron chi connectivity index (χ0n) is 11.9. The highest BCUT2D eigenvalue weighted by Crippen LogP contribution is 2.20. The predicted molar refractivity (Wildman–Crippen MR) is 77.4 cm³/mol. The van der Waals surface area contributed by atoms with Gasteiger partial charge < -0.3 is 15.2 Å². The molecule has 1 aliphatic rings. The number of rotatable bonds is 5. The maximum Gasteiger partial charge on any atom is 0.115 e. The monoisotopic (exact) mass is 263 g/mol. The van der Waals surface area contributed by atoms with Crippen molar-refractivity contribution in [2.45, 2.75) is 45.3 Å². The van der Waals surface area contributed by atoms with Crippen LogP contribution in [-0.4, -0.2) is 30.4 Å². The highest BCUT2D eigenvalue weighted by atomic mass is 16.5. The van der Waals surface area contributed by atoms with E-state index < -0.39 is 0 Å². The fourth-order valence-corrected chi connectivity index (χ4v) is 2.56. The molecule has 3 nitrogen and oxygen atoms in total. The Morgan fingerprint density at radius 2 is 2.05 bits per heavy atom. The first kappa shape index (κ1) is 14.4. The van der Waals surface area contributed by atoms with E-state index in [2.05, 4.69) is 19.2 Å². The van der Waals surface area contributed by atoms with Gasteiger partial charge in [0, 0.05) is 12.6 Å². The zero-order valence-corrected chi connectivity index (χ0v) is 11.9. The van der Waals surface area contributed by atoms with Crippen LogP contribution in [0.1, 0.15) is 32.3 Å². The molecule has 1 aliphatic heterocycles. The minimum atomic E-state index is 0.334. The van der Waals surface area contributed by atoms with E-state index >= 15 is 0 Å². The van der Waals surface area contributed by atoms with Gasteiger partial charge in [0.15, 0.2) is 0 Å². The number of hydrogen-bond donors (Lipinski definition) is 2. The van der Waals surface area contributed by atoms with E-state index in [-0.39, 0.29) is 0 Å². The Labute approximate surface area is 116 Å². The van der Waals surface area contributed by atoms with Gasteiger partial charge in [-0.05, 0) is 49.4 Å². The smallest absolute Gasteiger partial charge is 0.115 e. The summed E-state index contributed by atoms with van der Waals surface area (Å²) in [6.45, 7) is 6.31. The molecule has 3 heteroatoms. The second kappa shape index (κ2) is 6.92. The Hall–Kier alpha value is -1.06. The summed E-state index contributed by atoms with van der Waals surface area (Å²) < 4.78 is 5.78. The van der Waals surface area contributed by atoms with Gasteiger partial charge in [-0.3, -0.25) is 0 Å². The van der Waals surface area contributed by atoms with Crippen LogP contribution in [0.2, 0.25) is 0 Å². The molecule has 0 spiro atoms. The molecule has 2 atom stereocenters. The van der Waals surface area contributed by atoms with Crippen molar-refractivity contribution in [3.63, 3.8) is 0 Å². The Morgan fingerprint density at radius 3 is 2.74 bits per heavy atom. The Kier molecular flexibility index (Phi) is 5.23. The highest BCUT2D eigenvalue weighted by molar-refractivity contribution is 5.25. The highest BCUT2D eigenvalue weighted by Gasteiger charge is 2.24. The van der Waals surface area contributed by atoms with Crippen LogP contribution in [0.4, 0.5) is 0 Å². The predicted octanol–water partition coefficient (Wildman–Crippen LogP) is 2.73. The molecule has 2 rings (SSSR count). The van der Waals surface area contributed by atoms with E-state index in [1.165, 1.54) is 5.56 Å². The number of phenols is 1. The molecule has 106 valence electrons. The van der Waals surface area contributed by atoms with Gasteiger partial charge in [-0.2, -0.15) is 0 Å². The quantitative estimate of drug-likeness (QED) is 0.858. The van der Waals surface area contributed by atoms with Crippen LogP contribution in [0.25, 0.3) is 0 Å². The van der Waals surface area contributed by atoms with Gasteiger partial charge in [-0.25, -0.2) is 0 Å². The fourth-order valence-electron chi connectivity index (χ4n) is 2.56. The summed E-state index contributed by atoms with van der Waals surface area (Å²) in [6, 6.07) is 8.05. The molecule has 1 aromatic rings. The van der Waals surface area contributed by atoms with E-state index in [9.17, 15) is 5.11 Å². The van der Waals surface area contributed by atoms with Crippen molar-refractivity contribution < 1.29 is 9.84 Å². The number of hydrogen-bond acceptors (Lipinski definition) is 3. The fraction of sp³-hybridized carbons (Fsp3) is 0.625. The van der Waals surface area contributed by atoms with E-state index in [0.717, 1.165) is 32.4 Å². The molecule has 1 aromatic carbocycles. The van der Waals surface area contributed by atoms with Crippen molar-refractivity contribution in [3.05, 3.63) is 29.8 Å². The Morgan fingerprint density at radius 1 is 1.32 bits per heavy atom. The van der Waals surface area contributed by atoms with Crippen molar-refractivity contribution in [3.8, 4) is 5.75 Å². The molecule has 19 heavy (non-hydrogen) atoms. The molecule has 2 N–H and O–H groups in total. The SMILES string of the molecule is CC(C)C1CC(NCCc2ccc(O)cc2)CCO1. The maximum atomic E-state index is 9.24. The number of ether oxygens (including phenoxy) is 1. The molecule has 1 saturated heterocycles. The lowest BCUT2D eigenvalue weighted by molar-refractivity contribution is -0.0241. The van der Waals surface area contributed by atoms with Crippen molar-refractivity contribution in [1.29, 1.82) is 0 Å². The van der Waals surface area contributed by atoms with E-state index in [4.69, 9.17) is 4.74 Å². The zero-order chi connectivity index (χ0) is 13.7. The normalized spacial score (nSPS) is 23.7.